The molecular weight excluding hydrogens is 600 g/mol. The standard InChI is InChI=1S/C22H40O19S/c1-2-3-10(42(34,35)36)22(19(32)14(29)11(26)7(4-23)40-22)41-18-9(6-25)38-21(16(31)13(18)28)39-17-8(5-24)37-20(33)15(30)12(17)27/h7-21,23-33H,2-6H2,1H3,(H,34,35,36)/t7-,8-,9-,10?,11-,12-,13-,14+,15-,16-,17-,18-,19-,20+,21?,22?/m1/s1. The van der Waals surface area contributed by atoms with Crippen molar-refractivity contribution in [3.63, 3.8) is 0 Å². The molecule has 3 saturated heterocycles. The fraction of sp³-hybridized carbons (Fsp3) is 1.00. The van der Waals surface area contributed by atoms with Crippen LogP contribution in [-0.4, -0.2) is 186 Å². The van der Waals surface area contributed by atoms with Gasteiger partial charge >= 0.3 is 0 Å². The van der Waals surface area contributed by atoms with Crippen molar-refractivity contribution in [3.8, 4) is 0 Å². The maximum absolute atomic E-state index is 12.5. The van der Waals surface area contributed by atoms with Gasteiger partial charge < -0.3 is 79.9 Å². The molecule has 0 aromatic heterocycles. The van der Waals surface area contributed by atoms with E-state index in [0.29, 0.717) is 0 Å². The number of hydrogen-bond donors (Lipinski definition) is 12. The first-order valence-corrected chi connectivity index (χ1v) is 14.6. The first kappa shape index (κ1) is 35.7. The van der Waals surface area contributed by atoms with Gasteiger partial charge in [-0.2, -0.15) is 8.42 Å². The Morgan fingerprint density at radius 2 is 1.29 bits per heavy atom. The van der Waals surface area contributed by atoms with Crippen LogP contribution in [0.25, 0.3) is 0 Å². The molecule has 16 atom stereocenters. The minimum Gasteiger partial charge on any atom is -0.394 e. The molecule has 20 heteroatoms. The molecule has 3 heterocycles. The lowest BCUT2D eigenvalue weighted by Gasteiger charge is -2.53. The Morgan fingerprint density at radius 1 is 0.738 bits per heavy atom. The maximum Gasteiger partial charge on any atom is 0.273 e. The van der Waals surface area contributed by atoms with Gasteiger partial charge in [0.25, 0.3) is 10.1 Å². The van der Waals surface area contributed by atoms with Gasteiger partial charge in [-0.15, -0.1) is 0 Å². The quantitative estimate of drug-likeness (QED) is 0.0933. The van der Waals surface area contributed by atoms with Gasteiger partial charge in [-0.3, -0.25) is 4.55 Å². The third-order valence-electron chi connectivity index (χ3n) is 7.61. The zero-order chi connectivity index (χ0) is 31.7. The number of ether oxygens (including phenoxy) is 5. The number of hydrogen-bond acceptors (Lipinski definition) is 18. The molecule has 3 aliphatic rings. The number of aliphatic hydroxyl groups is 11. The minimum absolute atomic E-state index is 0.0120. The summed E-state index contributed by atoms with van der Waals surface area (Å²) in [7, 11) is -5.22. The monoisotopic (exact) mass is 640 g/mol. The van der Waals surface area contributed by atoms with Crippen LogP contribution in [0, 0.1) is 0 Å². The molecule has 12 N–H and O–H groups in total. The van der Waals surface area contributed by atoms with Gasteiger partial charge in [0.2, 0.25) is 5.79 Å². The molecule has 0 aromatic rings. The number of aliphatic hydroxyl groups excluding tert-OH is 11. The largest absolute Gasteiger partial charge is 0.394 e. The molecule has 0 saturated carbocycles. The van der Waals surface area contributed by atoms with Crippen molar-refractivity contribution in [1.82, 2.24) is 0 Å². The fourth-order valence-electron chi connectivity index (χ4n) is 5.34. The van der Waals surface area contributed by atoms with Crippen LogP contribution >= 0.6 is 0 Å². The molecule has 0 aliphatic carbocycles. The molecule has 3 fully saturated rings. The fourth-order valence-corrected chi connectivity index (χ4v) is 6.54. The van der Waals surface area contributed by atoms with E-state index in [2.05, 4.69) is 0 Å². The lowest BCUT2D eigenvalue weighted by molar-refractivity contribution is -0.410. The van der Waals surface area contributed by atoms with E-state index >= 15 is 0 Å². The summed E-state index contributed by atoms with van der Waals surface area (Å²) >= 11 is 0. The van der Waals surface area contributed by atoms with Crippen molar-refractivity contribution in [1.29, 1.82) is 0 Å². The highest BCUT2D eigenvalue weighted by atomic mass is 32.2. The van der Waals surface area contributed by atoms with E-state index in [4.69, 9.17) is 23.7 Å². The highest BCUT2D eigenvalue weighted by Gasteiger charge is 2.64. The highest BCUT2D eigenvalue weighted by molar-refractivity contribution is 7.86. The molecule has 248 valence electrons. The molecule has 3 aliphatic heterocycles. The molecule has 0 bridgehead atoms. The van der Waals surface area contributed by atoms with Crippen molar-refractivity contribution in [2.24, 2.45) is 0 Å². The van der Waals surface area contributed by atoms with Crippen LogP contribution in [-0.2, 0) is 33.8 Å². The van der Waals surface area contributed by atoms with E-state index in [-0.39, 0.29) is 6.42 Å². The van der Waals surface area contributed by atoms with Crippen LogP contribution in [0.15, 0.2) is 0 Å². The third kappa shape index (κ3) is 6.76. The van der Waals surface area contributed by atoms with Gasteiger partial charge in [0.05, 0.1) is 19.8 Å². The Bertz CT molecular complexity index is 965. The van der Waals surface area contributed by atoms with Crippen LogP contribution in [0.4, 0.5) is 0 Å². The molecular formula is C22H40O19S. The molecule has 42 heavy (non-hydrogen) atoms. The predicted octanol–water partition coefficient (Wildman–Crippen LogP) is -7.15. The second kappa shape index (κ2) is 14.1. The minimum atomic E-state index is -5.22. The van der Waals surface area contributed by atoms with E-state index < -0.39 is 133 Å². The summed E-state index contributed by atoms with van der Waals surface area (Å²) in [5.41, 5.74) is 0. The summed E-state index contributed by atoms with van der Waals surface area (Å²) in [6.07, 6.45) is -27.9. The molecule has 0 amide bonds. The summed E-state index contributed by atoms with van der Waals surface area (Å²) in [6.45, 7) is -1.45. The molecule has 0 spiro atoms. The van der Waals surface area contributed by atoms with E-state index in [0.717, 1.165) is 0 Å². The van der Waals surface area contributed by atoms with Gasteiger partial charge in [0, 0.05) is 0 Å². The average molecular weight is 641 g/mol. The molecule has 3 unspecified atom stereocenters. The highest BCUT2D eigenvalue weighted by Crippen LogP contribution is 2.42. The van der Waals surface area contributed by atoms with Crippen LogP contribution in [0.3, 0.4) is 0 Å². The first-order chi connectivity index (χ1) is 19.6. The second-order valence-electron chi connectivity index (χ2n) is 10.4. The van der Waals surface area contributed by atoms with E-state index in [1.54, 1.807) is 0 Å². The first-order valence-electron chi connectivity index (χ1n) is 13.1. The van der Waals surface area contributed by atoms with Crippen molar-refractivity contribution in [2.45, 2.75) is 117 Å². The summed E-state index contributed by atoms with van der Waals surface area (Å²) in [5, 5.41) is 111. The van der Waals surface area contributed by atoms with Crippen molar-refractivity contribution in [3.05, 3.63) is 0 Å². The Hall–Kier alpha value is -0.730. The molecule has 3 rings (SSSR count). The smallest absolute Gasteiger partial charge is 0.273 e. The Balaban J connectivity index is 1.98. The van der Waals surface area contributed by atoms with Gasteiger partial charge in [0.1, 0.15) is 78.5 Å². The van der Waals surface area contributed by atoms with Crippen LogP contribution in [0.2, 0.25) is 0 Å². The molecule has 0 aromatic carbocycles. The van der Waals surface area contributed by atoms with Crippen LogP contribution in [0.5, 0.6) is 0 Å². The maximum atomic E-state index is 12.5. The lowest BCUT2D eigenvalue weighted by atomic mass is 9.88. The topological polar surface area (TPSA) is 323 Å². The van der Waals surface area contributed by atoms with E-state index in [1.807, 2.05) is 0 Å². The van der Waals surface area contributed by atoms with E-state index in [1.165, 1.54) is 6.92 Å². The summed E-state index contributed by atoms with van der Waals surface area (Å²) in [4.78, 5) is 0. The van der Waals surface area contributed by atoms with Crippen LogP contribution in [0.1, 0.15) is 19.8 Å². The van der Waals surface area contributed by atoms with Crippen molar-refractivity contribution < 1.29 is 92.8 Å². The normalized spacial score (nSPS) is 47.7. The van der Waals surface area contributed by atoms with Crippen LogP contribution < -0.4 is 0 Å². The van der Waals surface area contributed by atoms with Gasteiger partial charge in [-0.1, -0.05) is 13.3 Å². The van der Waals surface area contributed by atoms with Gasteiger partial charge in [-0.05, 0) is 6.42 Å². The average Bonchev–Trinajstić information content (AvgIpc) is 2.95. The van der Waals surface area contributed by atoms with Crippen molar-refractivity contribution in [2.75, 3.05) is 19.8 Å². The Labute approximate surface area is 239 Å². The molecule has 0 radical (unpaired) electrons. The number of rotatable bonds is 11. The predicted molar refractivity (Wildman–Crippen MR) is 130 cm³/mol. The van der Waals surface area contributed by atoms with Gasteiger partial charge in [-0.25, -0.2) is 0 Å². The zero-order valence-electron chi connectivity index (χ0n) is 22.3. The summed E-state index contributed by atoms with van der Waals surface area (Å²) < 4.78 is 62.1. The van der Waals surface area contributed by atoms with E-state index in [9.17, 15) is 69.1 Å². The second-order valence-corrected chi connectivity index (χ2v) is 12.0. The summed E-state index contributed by atoms with van der Waals surface area (Å²) in [5.74, 6) is -3.03. The zero-order valence-corrected chi connectivity index (χ0v) is 23.1. The SMILES string of the molecule is CCCC(C1(O[C@H]2[C@H](O)[C@@H](O)C(O[C@H]3[C@H](O)[C@@H](O)[C@@H](O)O[C@@H]3CO)O[C@@H]2CO)O[C@H](CO)[C@@H](O)[C@H](O)[C@H]1O)S(=O)(=O)O. The Morgan fingerprint density at radius 3 is 1.81 bits per heavy atom. The molecule has 19 nitrogen and oxygen atoms in total. The van der Waals surface area contributed by atoms with Gasteiger partial charge in [0.15, 0.2) is 12.6 Å². The summed E-state index contributed by atoms with van der Waals surface area (Å²) in [6, 6.07) is 0. The third-order valence-corrected chi connectivity index (χ3v) is 8.90. The lowest BCUT2D eigenvalue weighted by Crippen LogP contribution is -2.74. The van der Waals surface area contributed by atoms with Crippen molar-refractivity contribution >= 4 is 10.1 Å². The Kier molecular flexibility index (Phi) is 12.0.